The minimum absolute atomic E-state index is 0.124. The van der Waals surface area contributed by atoms with Crippen LogP contribution >= 0.6 is 0 Å². The van der Waals surface area contributed by atoms with Crippen molar-refractivity contribution in [2.45, 2.75) is 92.8 Å². The van der Waals surface area contributed by atoms with Crippen LogP contribution in [-0.2, 0) is 22.4 Å². The maximum Gasteiger partial charge on any atom is 0.310 e. The van der Waals surface area contributed by atoms with Crippen molar-refractivity contribution in [1.29, 1.82) is 0 Å². The van der Waals surface area contributed by atoms with Crippen LogP contribution in [0.5, 0.6) is 5.75 Å². The quantitative estimate of drug-likeness (QED) is 0.535. The molecule has 0 atom stereocenters. The van der Waals surface area contributed by atoms with Gasteiger partial charge in [0.25, 0.3) is 0 Å². The zero-order chi connectivity index (χ0) is 26.4. The Labute approximate surface area is 210 Å². The number of esters is 1. The smallest absolute Gasteiger partial charge is 0.310 e. The van der Waals surface area contributed by atoms with E-state index in [4.69, 9.17) is 9.84 Å². The van der Waals surface area contributed by atoms with Gasteiger partial charge in [0, 0.05) is 36.1 Å². The number of carbonyl (C=O) groups excluding carboxylic acids is 1. The number of aryl methyl sites for hydroxylation is 1. The molecule has 0 aromatic carbocycles. The molecular formula is C28H43N3O4. The zero-order valence-electron chi connectivity index (χ0n) is 22.7. The number of aliphatic hydroxyl groups is 1. The molecule has 194 valence electrons. The van der Waals surface area contributed by atoms with Gasteiger partial charge in [-0.1, -0.05) is 20.8 Å². The summed E-state index contributed by atoms with van der Waals surface area (Å²) in [7, 11) is 0. The fourth-order valence-electron chi connectivity index (χ4n) is 3.95. The normalized spacial score (nSPS) is 15.4. The number of hydrogen-bond donors (Lipinski definition) is 2. The lowest BCUT2D eigenvalue weighted by molar-refractivity contribution is -0.146. The highest BCUT2D eigenvalue weighted by Gasteiger charge is 2.30. The summed E-state index contributed by atoms with van der Waals surface area (Å²) >= 11 is 0. The van der Waals surface area contributed by atoms with E-state index in [9.17, 15) is 9.90 Å². The number of carbonyl (C=O) groups is 1. The van der Waals surface area contributed by atoms with Crippen molar-refractivity contribution in [3.8, 4) is 17.0 Å². The van der Waals surface area contributed by atoms with Crippen LogP contribution in [0.4, 0.5) is 5.69 Å². The minimum atomic E-state index is -0.500. The van der Waals surface area contributed by atoms with Crippen molar-refractivity contribution in [1.82, 2.24) is 9.97 Å². The second kappa shape index (κ2) is 11.8. The van der Waals surface area contributed by atoms with Gasteiger partial charge in [-0.05, 0) is 71.4 Å². The van der Waals surface area contributed by atoms with Gasteiger partial charge in [-0.15, -0.1) is 0 Å². The average molecular weight is 486 g/mol. The number of aromatic nitrogens is 2. The molecule has 0 spiro atoms. The number of aromatic hydroxyl groups is 1. The van der Waals surface area contributed by atoms with Crippen LogP contribution in [0.15, 0.2) is 24.5 Å². The summed E-state index contributed by atoms with van der Waals surface area (Å²) in [5, 5.41) is 18.2. The van der Waals surface area contributed by atoms with Crippen molar-refractivity contribution < 1.29 is 19.7 Å². The van der Waals surface area contributed by atoms with Gasteiger partial charge in [-0.25, -0.2) is 0 Å². The molecule has 2 N–H and O–H groups in total. The van der Waals surface area contributed by atoms with Crippen LogP contribution in [0, 0.1) is 5.41 Å². The molecule has 0 radical (unpaired) electrons. The number of piperidine rings is 1. The Hall–Kier alpha value is -2.67. The zero-order valence-corrected chi connectivity index (χ0v) is 22.7. The van der Waals surface area contributed by atoms with E-state index in [1.54, 1.807) is 32.9 Å². The van der Waals surface area contributed by atoms with Crippen LogP contribution in [-0.4, -0.2) is 50.9 Å². The molecule has 1 fully saturated rings. The third kappa shape index (κ3) is 9.13. The van der Waals surface area contributed by atoms with Crippen molar-refractivity contribution >= 4 is 11.7 Å². The summed E-state index contributed by atoms with van der Waals surface area (Å²) < 4.78 is 5.46. The summed E-state index contributed by atoms with van der Waals surface area (Å²) in [6, 6.07) is 3.43. The Balaban J connectivity index is 0.000000784. The molecule has 0 unspecified atom stereocenters. The topological polar surface area (TPSA) is 95.8 Å². The predicted molar refractivity (Wildman–Crippen MR) is 141 cm³/mol. The highest BCUT2D eigenvalue weighted by molar-refractivity contribution is 5.84. The van der Waals surface area contributed by atoms with Gasteiger partial charge in [0.2, 0.25) is 0 Å². The van der Waals surface area contributed by atoms with Crippen molar-refractivity contribution in [2.75, 3.05) is 18.0 Å². The molecule has 0 amide bonds. The maximum absolute atomic E-state index is 12.6. The van der Waals surface area contributed by atoms with E-state index in [-0.39, 0.29) is 24.2 Å². The lowest BCUT2D eigenvalue weighted by Gasteiger charge is -2.40. The molecule has 2 aromatic heterocycles. The van der Waals surface area contributed by atoms with E-state index in [1.807, 2.05) is 20.0 Å². The van der Waals surface area contributed by atoms with E-state index < -0.39 is 5.60 Å². The van der Waals surface area contributed by atoms with E-state index >= 15 is 0 Å². The Morgan fingerprint density at radius 1 is 1.14 bits per heavy atom. The summed E-state index contributed by atoms with van der Waals surface area (Å²) in [6.45, 7) is 17.4. The summed E-state index contributed by atoms with van der Waals surface area (Å²) in [4.78, 5) is 24.1. The molecule has 7 heteroatoms. The highest BCUT2D eigenvalue weighted by atomic mass is 16.5. The van der Waals surface area contributed by atoms with Gasteiger partial charge in [0.15, 0.2) is 0 Å². The minimum Gasteiger partial charge on any atom is -0.506 e. The van der Waals surface area contributed by atoms with Crippen LogP contribution in [0.25, 0.3) is 11.3 Å². The summed E-state index contributed by atoms with van der Waals surface area (Å²) in [6.07, 6.45) is 6.22. The van der Waals surface area contributed by atoms with Gasteiger partial charge < -0.3 is 19.8 Å². The first-order valence-corrected chi connectivity index (χ1v) is 12.5. The average Bonchev–Trinajstić information content (AvgIpc) is 2.72. The van der Waals surface area contributed by atoms with Gasteiger partial charge >= 0.3 is 5.97 Å². The largest absolute Gasteiger partial charge is 0.506 e. The monoisotopic (exact) mass is 485 g/mol. The second-order valence-electron chi connectivity index (χ2n) is 11.2. The first-order valence-electron chi connectivity index (χ1n) is 12.5. The van der Waals surface area contributed by atoms with Crippen molar-refractivity contribution in [2.24, 2.45) is 5.41 Å². The molecule has 3 rings (SSSR count). The number of anilines is 1. The molecule has 1 aliphatic rings. The Morgan fingerprint density at radius 2 is 1.74 bits per heavy atom. The first kappa shape index (κ1) is 28.6. The Morgan fingerprint density at radius 3 is 2.23 bits per heavy atom. The van der Waals surface area contributed by atoms with Crippen LogP contribution in [0.1, 0.15) is 79.5 Å². The fourth-order valence-corrected chi connectivity index (χ4v) is 3.95. The molecule has 7 nitrogen and oxygen atoms in total. The molecule has 0 aliphatic carbocycles. The van der Waals surface area contributed by atoms with E-state index in [0.29, 0.717) is 5.41 Å². The fraction of sp³-hybridized carbons (Fsp3) is 0.607. The number of nitrogens with zero attached hydrogens (tertiary/aromatic N) is 3. The summed E-state index contributed by atoms with van der Waals surface area (Å²) in [5.74, 6) is -0.116. The second-order valence-corrected chi connectivity index (χ2v) is 11.2. The van der Waals surface area contributed by atoms with Gasteiger partial charge in [-0.3, -0.25) is 14.8 Å². The molecule has 1 aliphatic heterocycles. The molecule has 1 saturated heterocycles. The molecule has 3 heterocycles. The van der Waals surface area contributed by atoms with Crippen LogP contribution in [0.3, 0.4) is 0 Å². The van der Waals surface area contributed by atoms with Gasteiger partial charge in [-0.2, -0.15) is 0 Å². The standard InChI is InChI=1S/C24H33N3O3.C4H10O/c1-6-20-18(13-22(29)30-16(2)3)23(27-11-9-24(4,5)10-12-27)19(15-26-20)21-8-7-17(28)14-25-21;1-4(2,3)5/h7-8,14-16,28H,6,9-13H2,1-5H3;5H,1-3H3. The number of ether oxygens (including phenoxy) is 1. The van der Waals surface area contributed by atoms with Crippen LogP contribution < -0.4 is 4.90 Å². The number of rotatable bonds is 6. The lowest BCUT2D eigenvalue weighted by Crippen LogP contribution is -2.38. The third-order valence-electron chi connectivity index (χ3n) is 5.72. The van der Waals surface area contributed by atoms with E-state index in [2.05, 4.69) is 35.6 Å². The maximum atomic E-state index is 12.6. The van der Waals surface area contributed by atoms with Gasteiger partial charge in [0.1, 0.15) is 5.75 Å². The first-order chi connectivity index (χ1) is 16.2. The molecule has 2 aromatic rings. The molecular weight excluding hydrogens is 442 g/mol. The lowest BCUT2D eigenvalue weighted by atomic mass is 9.82. The van der Waals surface area contributed by atoms with Crippen molar-refractivity contribution in [3.05, 3.63) is 35.8 Å². The van der Waals surface area contributed by atoms with Crippen LogP contribution in [0.2, 0.25) is 0 Å². The SMILES string of the molecule is CC(C)(C)O.CCc1ncc(-c2ccc(O)cn2)c(N2CCC(C)(C)CC2)c1CC(=O)OC(C)C. The number of hydrogen-bond acceptors (Lipinski definition) is 7. The third-order valence-corrected chi connectivity index (χ3v) is 5.72. The van der Waals surface area contributed by atoms with E-state index in [0.717, 1.165) is 60.6 Å². The van der Waals surface area contributed by atoms with E-state index in [1.165, 1.54) is 6.20 Å². The van der Waals surface area contributed by atoms with Gasteiger partial charge in [0.05, 0.1) is 35.7 Å². The predicted octanol–water partition coefficient (Wildman–Crippen LogP) is 5.31. The number of pyridine rings is 2. The molecule has 0 bridgehead atoms. The molecule has 0 saturated carbocycles. The summed E-state index contributed by atoms with van der Waals surface area (Å²) in [5.41, 5.74) is 4.30. The highest BCUT2D eigenvalue weighted by Crippen LogP contribution is 2.39. The van der Waals surface area contributed by atoms with Crippen molar-refractivity contribution in [3.63, 3.8) is 0 Å². The molecule has 35 heavy (non-hydrogen) atoms. The Bertz CT molecular complexity index is 963. The Kier molecular flexibility index (Phi) is 9.67.